The molecule has 4 aromatic rings. The Morgan fingerprint density at radius 2 is 2.00 bits per heavy atom. The van der Waals surface area contributed by atoms with Crippen LogP contribution in [0.2, 0.25) is 0 Å². The maximum absolute atomic E-state index is 12.1. The number of rotatable bonds is 3. The van der Waals surface area contributed by atoms with E-state index in [9.17, 15) is 4.79 Å². The molecule has 0 atom stereocenters. The van der Waals surface area contributed by atoms with Crippen molar-refractivity contribution in [3.8, 4) is 0 Å². The van der Waals surface area contributed by atoms with E-state index < -0.39 is 0 Å². The van der Waals surface area contributed by atoms with Gasteiger partial charge in [0.15, 0.2) is 16.4 Å². The van der Waals surface area contributed by atoms with Gasteiger partial charge in [0, 0.05) is 50.4 Å². The van der Waals surface area contributed by atoms with Crippen LogP contribution in [0.1, 0.15) is 11.5 Å². The molecule has 1 aliphatic rings. The number of thiazole rings is 1. The third-order valence-corrected chi connectivity index (χ3v) is 5.60. The molecule has 0 aliphatic carbocycles. The van der Waals surface area contributed by atoms with Gasteiger partial charge in [0.05, 0.1) is 5.69 Å². The van der Waals surface area contributed by atoms with Crippen molar-refractivity contribution in [1.29, 1.82) is 0 Å². The van der Waals surface area contributed by atoms with Crippen molar-refractivity contribution >= 4 is 27.8 Å². The molecular formula is C17H18N8OS. The molecule has 1 aliphatic heterocycles. The van der Waals surface area contributed by atoms with Gasteiger partial charge in [-0.15, -0.1) is 26.6 Å². The lowest BCUT2D eigenvalue weighted by atomic mass is 10.2. The first-order valence-electron chi connectivity index (χ1n) is 8.79. The highest BCUT2D eigenvalue weighted by molar-refractivity contribution is 7.15. The topological polar surface area (TPSA) is 83.9 Å². The normalized spacial score (nSPS) is 15.8. The van der Waals surface area contributed by atoms with Crippen LogP contribution in [0.25, 0.3) is 10.6 Å². The van der Waals surface area contributed by atoms with E-state index in [1.165, 1.54) is 11.3 Å². The molecule has 0 unspecified atom stereocenters. The molecule has 0 spiro atoms. The van der Waals surface area contributed by atoms with E-state index >= 15 is 0 Å². The number of piperazine rings is 1. The smallest absolute Gasteiger partial charge is 0.258 e. The first kappa shape index (κ1) is 16.3. The van der Waals surface area contributed by atoms with Gasteiger partial charge in [0.2, 0.25) is 0 Å². The minimum absolute atomic E-state index is 0.0169. The number of hydrogen-bond donors (Lipinski definition) is 0. The standard InChI is InChI=1S/C17H18N8OS/c1-12-19-20-14-2-3-15(21-25(12)14)23-6-4-22(5-7-23)11-13-10-16(26)24-8-9-27-17(24)18-13/h2-3,8-10H,4-7,11H2,1H3. The molecule has 10 heteroatoms. The van der Waals surface area contributed by atoms with Crippen molar-refractivity contribution in [2.75, 3.05) is 31.1 Å². The second-order valence-electron chi connectivity index (χ2n) is 6.61. The number of nitrogens with zero attached hydrogens (tertiary/aromatic N) is 8. The average molecular weight is 382 g/mol. The summed E-state index contributed by atoms with van der Waals surface area (Å²) in [6.07, 6.45) is 1.76. The lowest BCUT2D eigenvalue weighted by molar-refractivity contribution is 0.246. The van der Waals surface area contributed by atoms with Gasteiger partial charge >= 0.3 is 0 Å². The third kappa shape index (κ3) is 2.96. The summed E-state index contributed by atoms with van der Waals surface area (Å²) in [4.78, 5) is 22.1. The Labute approximate surface area is 158 Å². The zero-order chi connectivity index (χ0) is 18.4. The van der Waals surface area contributed by atoms with Crippen LogP contribution >= 0.6 is 11.3 Å². The van der Waals surface area contributed by atoms with Gasteiger partial charge in [-0.2, -0.15) is 4.52 Å². The van der Waals surface area contributed by atoms with Crippen LogP contribution < -0.4 is 10.5 Å². The van der Waals surface area contributed by atoms with Crippen molar-refractivity contribution in [2.45, 2.75) is 13.5 Å². The molecule has 0 amide bonds. The monoisotopic (exact) mass is 382 g/mol. The van der Waals surface area contributed by atoms with E-state index in [1.54, 1.807) is 21.2 Å². The van der Waals surface area contributed by atoms with Gasteiger partial charge in [-0.05, 0) is 19.1 Å². The molecule has 0 aromatic carbocycles. The summed E-state index contributed by atoms with van der Waals surface area (Å²) in [6.45, 7) is 6.13. The largest absolute Gasteiger partial charge is 0.353 e. The Kier molecular flexibility index (Phi) is 3.87. The minimum atomic E-state index is -0.0169. The van der Waals surface area contributed by atoms with Crippen molar-refractivity contribution in [3.63, 3.8) is 0 Å². The maximum atomic E-state index is 12.1. The van der Waals surface area contributed by atoms with Crippen LogP contribution in [-0.4, -0.2) is 60.3 Å². The zero-order valence-electron chi connectivity index (χ0n) is 14.8. The summed E-state index contributed by atoms with van der Waals surface area (Å²) in [5.74, 6) is 1.72. The minimum Gasteiger partial charge on any atom is -0.353 e. The van der Waals surface area contributed by atoms with Gasteiger partial charge in [-0.1, -0.05) is 0 Å². The summed E-state index contributed by atoms with van der Waals surface area (Å²) in [5, 5.41) is 14.7. The quantitative estimate of drug-likeness (QED) is 0.519. The second-order valence-corrected chi connectivity index (χ2v) is 7.49. The number of aromatic nitrogens is 6. The molecule has 9 nitrogen and oxygen atoms in total. The van der Waals surface area contributed by atoms with Crippen molar-refractivity contribution in [3.05, 3.63) is 51.6 Å². The summed E-state index contributed by atoms with van der Waals surface area (Å²) in [5.41, 5.74) is 1.57. The Balaban J connectivity index is 1.29. The number of fused-ring (bicyclic) bond motifs is 2. The SMILES string of the molecule is Cc1nnc2ccc(N3CCN(Cc4cc(=O)n5ccsc5n4)CC3)nn12. The van der Waals surface area contributed by atoms with E-state index in [4.69, 9.17) is 0 Å². The van der Waals surface area contributed by atoms with E-state index in [1.807, 2.05) is 24.4 Å². The van der Waals surface area contributed by atoms with Crippen LogP contribution in [0, 0.1) is 6.92 Å². The molecule has 1 saturated heterocycles. The lowest BCUT2D eigenvalue weighted by Crippen LogP contribution is -2.46. The van der Waals surface area contributed by atoms with Gasteiger partial charge in [0.1, 0.15) is 5.82 Å². The zero-order valence-corrected chi connectivity index (χ0v) is 15.6. The summed E-state index contributed by atoms with van der Waals surface area (Å²) >= 11 is 1.48. The molecule has 0 radical (unpaired) electrons. The summed E-state index contributed by atoms with van der Waals surface area (Å²) in [7, 11) is 0. The van der Waals surface area contributed by atoms with E-state index in [2.05, 4.69) is 30.1 Å². The molecule has 0 N–H and O–H groups in total. The number of anilines is 1. The molecule has 0 saturated carbocycles. The van der Waals surface area contributed by atoms with Crippen LogP contribution in [0.15, 0.2) is 34.6 Å². The first-order valence-corrected chi connectivity index (χ1v) is 9.67. The molecule has 5 rings (SSSR count). The number of aryl methyl sites for hydroxylation is 1. The van der Waals surface area contributed by atoms with Gasteiger partial charge < -0.3 is 4.90 Å². The first-order chi connectivity index (χ1) is 13.2. The molecule has 27 heavy (non-hydrogen) atoms. The molecule has 0 bridgehead atoms. The Hall–Kier alpha value is -2.85. The molecule has 5 heterocycles. The summed E-state index contributed by atoms with van der Waals surface area (Å²) < 4.78 is 3.36. The fourth-order valence-corrected chi connectivity index (χ4v) is 4.13. The van der Waals surface area contributed by atoms with Gasteiger partial charge in [0.25, 0.3) is 5.56 Å². The lowest BCUT2D eigenvalue weighted by Gasteiger charge is -2.35. The van der Waals surface area contributed by atoms with E-state index in [0.717, 1.165) is 54.1 Å². The predicted molar refractivity (Wildman–Crippen MR) is 102 cm³/mol. The van der Waals surface area contributed by atoms with Crippen LogP contribution in [0.5, 0.6) is 0 Å². The predicted octanol–water partition coefficient (Wildman–Crippen LogP) is 0.824. The molecular weight excluding hydrogens is 364 g/mol. The summed E-state index contributed by atoms with van der Waals surface area (Å²) in [6, 6.07) is 5.57. The van der Waals surface area contributed by atoms with Crippen LogP contribution in [0.4, 0.5) is 5.82 Å². The Morgan fingerprint density at radius 1 is 1.15 bits per heavy atom. The van der Waals surface area contributed by atoms with Crippen LogP contribution in [0.3, 0.4) is 0 Å². The Morgan fingerprint density at radius 3 is 2.85 bits per heavy atom. The molecule has 1 fully saturated rings. The third-order valence-electron chi connectivity index (χ3n) is 4.84. The van der Waals surface area contributed by atoms with Gasteiger partial charge in [-0.3, -0.25) is 14.1 Å². The van der Waals surface area contributed by atoms with E-state index in [0.29, 0.717) is 6.54 Å². The fraction of sp³-hybridized carbons (Fsp3) is 0.353. The molecule has 4 aromatic heterocycles. The Bertz CT molecular complexity index is 1170. The number of hydrogen-bond acceptors (Lipinski definition) is 8. The fourth-order valence-electron chi connectivity index (χ4n) is 3.39. The van der Waals surface area contributed by atoms with E-state index in [-0.39, 0.29) is 5.56 Å². The highest BCUT2D eigenvalue weighted by Crippen LogP contribution is 2.16. The highest BCUT2D eigenvalue weighted by Gasteiger charge is 2.20. The molecule has 138 valence electrons. The van der Waals surface area contributed by atoms with Gasteiger partial charge in [-0.25, -0.2) is 4.98 Å². The highest BCUT2D eigenvalue weighted by atomic mass is 32.1. The second kappa shape index (κ2) is 6.39. The van der Waals surface area contributed by atoms with Crippen LogP contribution in [-0.2, 0) is 6.54 Å². The van der Waals surface area contributed by atoms with Crippen molar-refractivity contribution in [2.24, 2.45) is 0 Å². The van der Waals surface area contributed by atoms with Crippen molar-refractivity contribution < 1.29 is 0 Å². The average Bonchev–Trinajstić information content (AvgIpc) is 3.29. The maximum Gasteiger partial charge on any atom is 0.258 e. The van der Waals surface area contributed by atoms with Crippen molar-refractivity contribution in [1.82, 2.24) is 34.1 Å².